The molecular formula is C21H20N4O5S. The highest BCUT2D eigenvalue weighted by atomic mass is 32.2. The zero-order valence-corrected chi connectivity index (χ0v) is 17.6. The van der Waals surface area contributed by atoms with Gasteiger partial charge in [0.25, 0.3) is 5.91 Å². The average Bonchev–Trinajstić information content (AvgIpc) is 3.22. The van der Waals surface area contributed by atoms with Gasteiger partial charge in [-0.25, -0.2) is 13.1 Å². The van der Waals surface area contributed by atoms with Crippen molar-refractivity contribution in [3.05, 3.63) is 53.7 Å². The van der Waals surface area contributed by atoms with Gasteiger partial charge in [-0.1, -0.05) is 0 Å². The molecule has 0 fully saturated rings. The molecule has 160 valence electrons. The first-order valence-corrected chi connectivity index (χ1v) is 10.8. The Balaban J connectivity index is 1.81. The number of anilines is 1. The van der Waals surface area contributed by atoms with Crippen LogP contribution in [0.25, 0.3) is 22.6 Å². The standard InChI is InChI=1S/C21H20N4O5S/c1-25-11-12(15-8-13(30-2)3-6-19(15)25)7-17-16-9-14(4-5-18(16)24-21(17)27)31(28,29)23-10-20(22)26/h3-9,11,23H,10H2,1-2H3,(H2,22,26)(H,24,27)/b17-7-. The number of carbonyl (C=O) groups excluding carboxylic acids is 2. The molecule has 1 aliphatic rings. The van der Waals surface area contributed by atoms with E-state index in [1.54, 1.807) is 13.2 Å². The summed E-state index contributed by atoms with van der Waals surface area (Å²) in [6, 6.07) is 9.92. The van der Waals surface area contributed by atoms with E-state index in [1.165, 1.54) is 18.2 Å². The van der Waals surface area contributed by atoms with E-state index in [9.17, 15) is 18.0 Å². The third kappa shape index (κ3) is 3.78. The van der Waals surface area contributed by atoms with Gasteiger partial charge in [-0.3, -0.25) is 9.59 Å². The Morgan fingerprint density at radius 3 is 2.74 bits per heavy atom. The summed E-state index contributed by atoms with van der Waals surface area (Å²) in [4.78, 5) is 23.5. The van der Waals surface area contributed by atoms with Crippen molar-refractivity contribution >= 4 is 50.1 Å². The second kappa shape index (κ2) is 7.56. The van der Waals surface area contributed by atoms with E-state index < -0.39 is 22.5 Å². The second-order valence-corrected chi connectivity index (χ2v) is 8.86. The number of ether oxygens (including phenoxy) is 1. The smallest absolute Gasteiger partial charge is 0.256 e. The molecule has 2 heterocycles. The van der Waals surface area contributed by atoms with E-state index in [0.29, 0.717) is 22.6 Å². The summed E-state index contributed by atoms with van der Waals surface area (Å²) in [6.45, 7) is -0.517. The van der Waals surface area contributed by atoms with Crippen LogP contribution in [0.5, 0.6) is 5.75 Å². The number of hydrogen-bond donors (Lipinski definition) is 3. The zero-order valence-electron chi connectivity index (χ0n) is 16.8. The summed E-state index contributed by atoms with van der Waals surface area (Å²) in [7, 11) is -0.490. The highest BCUT2D eigenvalue weighted by Gasteiger charge is 2.27. The Morgan fingerprint density at radius 2 is 2.03 bits per heavy atom. The Labute approximate surface area is 178 Å². The lowest BCUT2D eigenvalue weighted by Crippen LogP contribution is -2.33. The van der Waals surface area contributed by atoms with Gasteiger partial charge in [0.05, 0.1) is 18.6 Å². The van der Waals surface area contributed by atoms with Gasteiger partial charge in [0.2, 0.25) is 15.9 Å². The molecule has 9 nitrogen and oxygen atoms in total. The van der Waals surface area contributed by atoms with Crippen LogP contribution in [0.2, 0.25) is 0 Å². The quantitative estimate of drug-likeness (QED) is 0.499. The summed E-state index contributed by atoms with van der Waals surface area (Å²) < 4.78 is 34.3. The fraction of sp³-hybridized carbons (Fsp3) is 0.143. The zero-order chi connectivity index (χ0) is 22.3. The Bertz CT molecular complexity index is 1370. The van der Waals surface area contributed by atoms with E-state index in [-0.39, 0.29) is 10.8 Å². The van der Waals surface area contributed by atoms with Gasteiger partial charge in [0.1, 0.15) is 5.75 Å². The number of primary amides is 1. The molecule has 0 spiro atoms. The SMILES string of the molecule is COc1ccc2c(c1)c(/C=C1\C(=O)Nc3ccc(S(=O)(=O)NCC(N)=O)cc31)cn2C. The molecular weight excluding hydrogens is 420 g/mol. The second-order valence-electron chi connectivity index (χ2n) is 7.09. The molecule has 1 aliphatic heterocycles. The molecule has 0 atom stereocenters. The summed E-state index contributed by atoms with van der Waals surface area (Å²) in [5.41, 5.74) is 8.05. The van der Waals surface area contributed by atoms with Crippen molar-refractivity contribution < 1.29 is 22.7 Å². The molecule has 31 heavy (non-hydrogen) atoms. The molecule has 2 amide bonds. The molecule has 0 saturated carbocycles. The monoisotopic (exact) mass is 440 g/mol. The van der Waals surface area contributed by atoms with Gasteiger partial charge in [-0.05, 0) is 42.5 Å². The third-order valence-corrected chi connectivity index (χ3v) is 6.45. The van der Waals surface area contributed by atoms with E-state index in [2.05, 4.69) is 10.0 Å². The third-order valence-electron chi connectivity index (χ3n) is 5.05. The minimum Gasteiger partial charge on any atom is -0.497 e. The topological polar surface area (TPSA) is 133 Å². The maximum absolute atomic E-state index is 12.6. The van der Waals surface area contributed by atoms with Crippen LogP contribution in [0.3, 0.4) is 0 Å². The minimum atomic E-state index is -3.97. The summed E-state index contributed by atoms with van der Waals surface area (Å²) in [6.07, 6.45) is 3.60. The number of nitrogens with zero attached hydrogens (tertiary/aromatic N) is 1. The van der Waals surface area contributed by atoms with Crippen molar-refractivity contribution in [2.75, 3.05) is 19.0 Å². The Kier molecular flexibility index (Phi) is 5.03. The molecule has 0 radical (unpaired) electrons. The lowest BCUT2D eigenvalue weighted by atomic mass is 10.0. The van der Waals surface area contributed by atoms with Gasteiger partial charge in [0, 0.05) is 46.5 Å². The number of rotatable bonds is 6. The lowest BCUT2D eigenvalue weighted by molar-refractivity contribution is -0.117. The number of nitrogens with one attached hydrogen (secondary N) is 2. The van der Waals surface area contributed by atoms with Crippen LogP contribution in [-0.4, -0.2) is 38.5 Å². The number of fused-ring (bicyclic) bond motifs is 2. The van der Waals surface area contributed by atoms with Gasteiger partial charge >= 0.3 is 0 Å². The number of sulfonamides is 1. The maximum Gasteiger partial charge on any atom is 0.256 e. The van der Waals surface area contributed by atoms with Crippen LogP contribution < -0.4 is 20.5 Å². The number of carbonyl (C=O) groups is 2. The number of amides is 2. The van der Waals surface area contributed by atoms with Crippen molar-refractivity contribution in [2.24, 2.45) is 12.8 Å². The molecule has 4 rings (SSSR count). The maximum atomic E-state index is 12.6. The van der Waals surface area contributed by atoms with Crippen molar-refractivity contribution in [3.63, 3.8) is 0 Å². The average molecular weight is 440 g/mol. The Morgan fingerprint density at radius 1 is 1.26 bits per heavy atom. The van der Waals surface area contributed by atoms with Crippen LogP contribution in [0.1, 0.15) is 11.1 Å². The van der Waals surface area contributed by atoms with Crippen molar-refractivity contribution in [1.82, 2.24) is 9.29 Å². The normalized spacial score (nSPS) is 14.6. The first-order valence-electron chi connectivity index (χ1n) is 9.28. The van der Waals surface area contributed by atoms with Gasteiger partial charge < -0.3 is 20.4 Å². The molecule has 1 aromatic heterocycles. The fourth-order valence-electron chi connectivity index (χ4n) is 3.53. The van der Waals surface area contributed by atoms with Crippen molar-refractivity contribution in [1.29, 1.82) is 0 Å². The predicted molar refractivity (Wildman–Crippen MR) is 117 cm³/mol. The first kappa shape index (κ1) is 20.6. The molecule has 0 saturated heterocycles. The van der Waals surface area contributed by atoms with Gasteiger partial charge in [0.15, 0.2) is 0 Å². The van der Waals surface area contributed by atoms with Crippen molar-refractivity contribution in [2.45, 2.75) is 4.90 Å². The number of methoxy groups -OCH3 is 1. The lowest BCUT2D eigenvalue weighted by Gasteiger charge is -2.07. The molecule has 0 aliphatic carbocycles. The molecule has 2 aromatic carbocycles. The summed E-state index contributed by atoms with van der Waals surface area (Å²) >= 11 is 0. The molecule has 0 bridgehead atoms. The number of hydrogen-bond acceptors (Lipinski definition) is 5. The van der Waals surface area contributed by atoms with Crippen molar-refractivity contribution in [3.8, 4) is 5.75 Å². The number of nitrogens with two attached hydrogens (primary N) is 1. The van der Waals surface area contributed by atoms with Crippen LogP contribution in [-0.2, 0) is 26.7 Å². The highest BCUT2D eigenvalue weighted by Crippen LogP contribution is 2.36. The highest BCUT2D eigenvalue weighted by molar-refractivity contribution is 7.89. The van der Waals surface area contributed by atoms with E-state index >= 15 is 0 Å². The van der Waals surface area contributed by atoms with Crippen LogP contribution in [0, 0.1) is 0 Å². The number of aromatic nitrogens is 1. The molecule has 4 N–H and O–H groups in total. The largest absolute Gasteiger partial charge is 0.497 e. The number of aryl methyl sites for hydroxylation is 1. The Hall–Kier alpha value is -3.63. The summed E-state index contributed by atoms with van der Waals surface area (Å²) in [5, 5.41) is 3.64. The minimum absolute atomic E-state index is 0.0745. The van der Waals surface area contributed by atoms with Crippen LogP contribution in [0.15, 0.2) is 47.5 Å². The van der Waals surface area contributed by atoms with E-state index in [4.69, 9.17) is 10.5 Å². The molecule has 0 unspecified atom stereocenters. The van der Waals surface area contributed by atoms with Crippen LogP contribution in [0.4, 0.5) is 5.69 Å². The number of benzene rings is 2. The van der Waals surface area contributed by atoms with Gasteiger partial charge in [-0.15, -0.1) is 0 Å². The van der Waals surface area contributed by atoms with E-state index in [1.807, 2.05) is 36.0 Å². The molecule has 10 heteroatoms. The first-order chi connectivity index (χ1) is 14.7. The summed E-state index contributed by atoms with van der Waals surface area (Å²) in [5.74, 6) is -0.452. The van der Waals surface area contributed by atoms with Crippen LogP contribution >= 0.6 is 0 Å². The van der Waals surface area contributed by atoms with Gasteiger partial charge in [-0.2, -0.15) is 0 Å². The van der Waals surface area contributed by atoms with E-state index in [0.717, 1.165) is 16.5 Å². The molecule has 3 aromatic rings. The fourth-order valence-corrected chi connectivity index (χ4v) is 4.55. The predicted octanol–water partition coefficient (Wildman–Crippen LogP) is 1.44.